The van der Waals surface area contributed by atoms with E-state index in [-0.39, 0.29) is 25.0 Å². The Morgan fingerprint density at radius 2 is 1.61 bits per heavy atom. The predicted molar refractivity (Wildman–Crippen MR) is 142 cm³/mol. The number of carbonyl (C=O) groups excluding carboxylic acids is 3. The number of rotatable bonds is 8. The fourth-order valence-electron chi connectivity index (χ4n) is 5.16. The molecule has 2 fully saturated rings. The first-order valence-corrected chi connectivity index (χ1v) is 13.9. The number of nitrogens with one attached hydrogen (secondary N) is 3. The van der Waals surface area contributed by atoms with Gasteiger partial charge in [-0.05, 0) is 44.4 Å². The van der Waals surface area contributed by atoms with E-state index >= 15 is 0 Å². The van der Waals surface area contributed by atoms with E-state index < -0.39 is 47.2 Å². The van der Waals surface area contributed by atoms with Crippen LogP contribution in [0.4, 0.5) is 0 Å². The van der Waals surface area contributed by atoms with Crippen molar-refractivity contribution in [1.29, 1.82) is 0 Å². The molecule has 2 aromatic rings. The molecule has 2 saturated heterocycles. The van der Waals surface area contributed by atoms with Crippen LogP contribution >= 0.6 is 0 Å². The highest BCUT2D eigenvalue weighted by Crippen LogP contribution is 2.31. The van der Waals surface area contributed by atoms with Crippen molar-refractivity contribution in [3.8, 4) is 0 Å². The van der Waals surface area contributed by atoms with E-state index in [0.717, 1.165) is 11.1 Å². The van der Waals surface area contributed by atoms with E-state index in [1.165, 1.54) is 4.31 Å². The van der Waals surface area contributed by atoms with Gasteiger partial charge in [-0.2, -0.15) is 0 Å². The average molecular weight is 541 g/mol. The van der Waals surface area contributed by atoms with Crippen molar-refractivity contribution >= 4 is 29.0 Å². The molecule has 10 nitrogen and oxygen atoms in total. The highest BCUT2D eigenvalue weighted by Gasteiger charge is 2.45. The Morgan fingerprint density at radius 3 is 2.16 bits per heavy atom. The van der Waals surface area contributed by atoms with Gasteiger partial charge in [0.2, 0.25) is 17.7 Å². The molecule has 0 spiro atoms. The fraction of sp³-hybridized carbons (Fsp3) is 0.444. The monoisotopic (exact) mass is 540 g/mol. The summed E-state index contributed by atoms with van der Waals surface area (Å²) in [6.07, 6.45) is 1.43. The lowest BCUT2D eigenvalue weighted by Gasteiger charge is -2.39. The molecule has 0 radical (unpaired) electrons. The second-order valence-electron chi connectivity index (χ2n) is 9.72. The normalized spacial score (nSPS) is 23.7. The minimum atomic E-state index is -2.54. The van der Waals surface area contributed by atoms with E-state index in [1.807, 2.05) is 60.7 Å². The third-order valence-corrected chi connectivity index (χ3v) is 8.11. The third kappa shape index (κ3) is 6.29. The molecule has 2 heterocycles. The largest absolute Gasteiger partial charge is 0.760 e. The van der Waals surface area contributed by atoms with Gasteiger partial charge in [0, 0.05) is 30.4 Å². The molecule has 0 aromatic heterocycles. The minimum absolute atomic E-state index is 0.189. The van der Waals surface area contributed by atoms with Gasteiger partial charge in [0.25, 0.3) is 0 Å². The first-order valence-electron chi connectivity index (χ1n) is 12.8. The molecule has 38 heavy (non-hydrogen) atoms. The van der Waals surface area contributed by atoms with E-state index in [9.17, 15) is 23.1 Å². The van der Waals surface area contributed by atoms with Crippen LogP contribution in [0, 0.1) is 0 Å². The summed E-state index contributed by atoms with van der Waals surface area (Å²) in [5.41, 5.74) is 1.83. The molecule has 204 valence electrons. The van der Waals surface area contributed by atoms with Gasteiger partial charge in [-0.25, -0.2) is 4.31 Å². The zero-order valence-corrected chi connectivity index (χ0v) is 22.4. The maximum atomic E-state index is 13.8. The minimum Gasteiger partial charge on any atom is -0.760 e. The molecule has 1 unspecified atom stereocenters. The third-order valence-electron chi connectivity index (χ3n) is 7.36. The van der Waals surface area contributed by atoms with Gasteiger partial charge in [0.05, 0.1) is 12.1 Å². The van der Waals surface area contributed by atoms with Crippen molar-refractivity contribution in [1.82, 2.24) is 25.2 Å². The van der Waals surface area contributed by atoms with Gasteiger partial charge in [-0.15, -0.1) is 0 Å². The summed E-state index contributed by atoms with van der Waals surface area (Å²) in [6, 6.07) is 16.1. The zero-order chi connectivity index (χ0) is 27.2. The topological polar surface area (TPSA) is 134 Å². The van der Waals surface area contributed by atoms with E-state index in [1.54, 1.807) is 18.9 Å². The second kappa shape index (κ2) is 12.6. The summed E-state index contributed by atoms with van der Waals surface area (Å²) in [6.45, 7) is 1.66. The van der Waals surface area contributed by atoms with Crippen molar-refractivity contribution in [3.63, 3.8) is 0 Å². The Balaban J connectivity index is 1.60. The summed E-state index contributed by atoms with van der Waals surface area (Å²) < 4.78 is 24.8. The number of likely N-dealkylation sites (N-methyl/N-ethyl adjacent to an activating group) is 1. The number of hydrogen-bond donors (Lipinski definition) is 3. The van der Waals surface area contributed by atoms with Crippen LogP contribution in [0.2, 0.25) is 0 Å². The Hall–Kier alpha value is -3.12. The van der Waals surface area contributed by atoms with E-state index in [0.29, 0.717) is 19.3 Å². The van der Waals surface area contributed by atoms with Gasteiger partial charge in [-0.3, -0.25) is 18.6 Å². The van der Waals surface area contributed by atoms with Crippen LogP contribution < -0.4 is 16.0 Å². The van der Waals surface area contributed by atoms with Gasteiger partial charge in [-0.1, -0.05) is 60.7 Å². The smallest absolute Gasteiger partial charge is 0.247 e. The quantitative estimate of drug-likeness (QED) is 0.425. The fourth-order valence-corrected chi connectivity index (χ4v) is 5.69. The number of hydrogen-bond acceptors (Lipinski definition) is 6. The van der Waals surface area contributed by atoms with Crippen molar-refractivity contribution in [2.24, 2.45) is 0 Å². The summed E-state index contributed by atoms with van der Waals surface area (Å²) in [5.74, 6) is -1.15. The van der Waals surface area contributed by atoms with Crippen LogP contribution in [0.3, 0.4) is 0 Å². The molecule has 4 rings (SSSR count). The highest BCUT2D eigenvalue weighted by atomic mass is 32.2. The number of amides is 3. The van der Waals surface area contributed by atoms with Crippen LogP contribution in [0.1, 0.15) is 43.4 Å². The molecule has 2 aromatic carbocycles. The Kier molecular flexibility index (Phi) is 9.26. The number of benzene rings is 2. The van der Waals surface area contributed by atoms with Crippen LogP contribution in [-0.4, -0.2) is 80.0 Å². The second-order valence-corrected chi connectivity index (χ2v) is 10.7. The lowest BCUT2D eigenvalue weighted by molar-refractivity contribution is -0.144. The molecule has 5 atom stereocenters. The standard InChI is InChI=1S/C27H35N5O5S/c1-18(28-2)25(33)29-22-17-31(38(36)37)16-15-21-13-14-23(32(21)27(22)35)26(34)30-24(19-9-5-3-6-10-19)20-11-7-4-8-12-20/h3-12,18,21-24,28H,13-17H2,1-2H3,(H,29,33)(H,30,34)(H,36,37)/p-1/t18-,21+,22-,23-/m0/s1. The van der Waals surface area contributed by atoms with Gasteiger partial charge < -0.3 is 25.4 Å². The van der Waals surface area contributed by atoms with Gasteiger partial charge in [0.15, 0.2) is 0 Å². The van der Waals surface area contributed by atoms with E-state index in [2.05, 4.69) is 16.0 Å². The predicted octanol–water partition coefficient (Wildman–Crippen LogP) is 0.844. The van der Waals surface area contributed by atoms with Crippen molar-refractivity contribution < 1.29 is 23.1 Å². The average Bonchev–Trinajstić information content (AvgIpc) is 3.35. The number of nitrogens with zero attached hydrogens (tertiary/aromatic N) is 2. The van der Waals surface area contributed by atoms with Crippen molar-refractivity contribution in [2.45, 2.75) is 56.4 Å². The summed E-state index contributed by atoms with van der Waals surface area (Å²) in [7, 11) is 1.62. The lowest BCUT2D eigenvalue weighted by atomic mass is 9.98. The lowest BCUT2D eigenvalue weighted by Crippen LogP contribution is -2.62. The summed E-state index contributed by atoms with van der Waals surface area (Å²) >= 11 is -2.54. The van der Waals surface area contributed by atoms with Crippen molar-refractivity contribution in [2.75, 3.05) is 20.1 Å². The van der Waals surface area contributed by atoms with Crippen LogP contribution in [0.15, 0.2) is 60.7 Å². The maximum Gasteiger partial charge on any atom is 0.247 e. The SMILES string of the molecule is CN[C@@H](C)C(=O)N[C@H]1CN(S(=O)[O-])CC[C@H]2CC[C@@H](C(=O)NC(c3ccccc3)c3ccccc3)N2C1=O. The van der Waals surface area contributed by atoms with Crippen LogP contribution in [0.5, 0.6) is 0 Å². The molecule has 0 bridgehead atoms. The number of carbonyl (C=O) groups is 3. The summed E-state index contributed by atoms with van der Waals surface area (Å²) in [4.78, 5) is 41.8. The molecule has 3 N–H and O–H groups in total. The Bertz CT molecular complexity index is 1110. The first kappa shape index (κ1) is 27.9. The molecule has 2 aliphatic heterocycles. The molecular formula is C27H34N5O5S-. The van der Waals surface area contributed by atoms with Crippen LogP contribution in [0.25, 0.3) is 0 Å². The molecule has 2 aliphatic rings. The Morgan fingerprint density at radius 1 is 1.00 bits per heavy atom. The maximum absolute atomic E-state index is 13.8. The highest BCUT2D eigenvalue weighted by molar-refractivity contribution is 7.76. The molecule has 11 heteroatoms. The first-order chi connectivity index (χ1) is 18.3. The van der Waals surface area contributed by atoms with Crippen LogP contribution in [-0.2, 0) is 25.7 Å². The molecular weight excluding hydrogens is 506 g/mol. The van der Waals surface area contributed by atoms with E-state index in [4.69, 9.17) is 0 Å². The van der Waals surface area contributed by atoms with Gasteiger partial charge in [0.1, 0.15) is 12.1 Å². The van der Waals surface area contributed by atoms with Gasteiger partial charge >= 0.3 is 0 Å². The Labute approximate surface area is 225 Å². The van der Waals surface area contributed by atoms with Crippen molar-refractivity contribution in [3.05, 3.63) is 71.8 Å². The summed E-state index contributed by atoms with van der Waals surface area (Å²) in [5, 5.41) is 8.67. The molecule has 0 saturated carbocycles. The molecule has 0 aliphatic carbocycles. The molecule has 3 amide bonds. The zero-order valence-electron chi connectivity index (χ0n) is 21.5. The number of fused-ring (bicyclic) bond motifs is 1.